The maximum absolute atomic E-state index is 13.9. The molecule has 152 valence electrons. The molecule has 2 atom stereocenters. The standard InChI is InChI=1S/C25H24FN3O/c1-3-18-11-13-19(14-12-18)24(20-8-6-9-22(26)15-20)28-17(2)25(30)29-23-10-5-4-7-21(23)16-27/h4-15,17,24,28H,3H2,1-2H3,(H,29,30)/p+1/t17-,24-/m1/s1. The second-order valence-electron chi connectivity index (χ2n) is 7.26. The van der Waals surface area contributed by atoms with E-state index in [1.54, 1.807) is 37.3 Å². The SMILES string of the molecule is CCc1ccc([C@@H]([NH2+][C@H](C)C(=O)Nc2ccccc2C#N)c2cccc(F)c2)cc1. The van der Waals surface area contributed by atoms with Crippen molar-refractivity contribution in [3.05, 3.63) is 101 Å². The van der Waals surface area contributed by atoms with Gasteiger partial charge in [0.2, 0.25) is 0 Å². The second kappa shape index (κ2) is 9.82. The van der Waals surface area contributed by atoms with Gasteiger partial charge in [-0.15, -0.1) is 0 Å². The van der Waals surface area contributed by atoms with Crippen LogP contribution < -0.4 is 10.6 Å². The van der Waals surface area contributed by atoms with Crippen LogP contribution in [0.15, 0.2) is 72.8 Å². The summed E-state index contributed by atoms with van der Waals surface area (Å²) in [5.41, 5.74) is 3.90. The summed E-state index contributed by atoms with van der Waals surface area (Å²) >= 11 is 0. The van der Waals surface area contributed by atoms with E-state index in [1.165, 1.54) is 17.7 Å². The summed E-state index contributed by atoms with van der Waals surface area (Å²) in [4.78, 5) is 12.8. The Labute approximate surface area is 176 Å². The molecule has 5 heteroatoms. The largest absolute Gasteiger partial charge is 0.326 e. The van der Waals surface area contributed by atoms with E-state index in [0.29, 0.717) is 11.3 Å². The van der Waals surface area contributed by atoms with Crippen molar-refractivity contribution in [1.29, 1.82) is 5.26 Å². The number of quaternary nitrogens is 1. The lowest BCUT2D eigenvalue weighted by Gasteiger charge is -2.21. The van der Waals surface area contributed by atoms with E-state index in [9.17, 15) is 14.4 Å². The number of halogens is 1. The number of nitrogens with zero attached hydrogens (tertiary/aromatic N) is 1. The van der Waals surface area contributed by atoms with Gasteiger partial charge in [-0.2, -0.15) is 5.26 Å². The van der Waals surface area contributed by atoms with Gasteiger partial charge in [0.15, 0.2) is 6.04 Å². The van der Waals surface area contributed by atoms with Crippen molar-refractivity contribution >= 4 is 11.6 Å². The predicted octanol–water partition coefficient (Wildman–Crippen LogP) is 3.94. The fourth-order valence-electron chi connectivity index (χ4n) is 3.39. The van der Waals surface area contributed by atoms with Gasteiger partial charge in [0.1, 0.15) is 17.9 Å². The van der Waals surface area contributed by atoms with Crippen molar-refractivity contribution in [2.45, 2.75) is 32.4 Å². The molecule has 0 bridgehead atoms. The van der Waals surface area contributed by atoms with Crippen LogP contribution in [-0.2, 0) is 11.2 Å². The summed E-state index contributed by atoms with van der Waals surface area (Å²) in [6, 6.07) is 22.9. The summed E-state index contributed by atoms with van der Waals surface area (Å²) < 4.78 is 13.9. The van der Waals surface area contributed by atoms with Crippen molar-refractivity contribution in [2.24, 2.45) is 0 Å². The van der Waals surface area contributed by atoms with Gasteiger partial charge in [-0.05, 0) is 43.2 Å². The van der Waals surface area contributed by atoms with Crippen LogP contribution in [0, 0.1) is 17.1 Å². The monoisotopic (exact) mass is 402 g/mol. The molecule has 0 fully saturated rings. The third kappa shape index (κ3) is 5.11. The summed E-state index contributed by atoms with van der Waals surface area (Å²) in [5.74, 6) is -0.527. The number of hydrogen-bond acceptors (Lipinski definition) is 2. The summed E-state index contributed by atoms with van der Waals surface area (Å²) in [6.07, 6.45) is 0.936. The molecule has 0 aliphatic rings. The van der Waals surface area contributed by atoms with E-state index in [1.807, 2.05) is 23.5 Å². The molecule has 0 aromatic heterocycles. The first-order chi connectivity index (χ1) is 14.5. The van der Waals surface area contributed by atoms with Gasteiger partial charge in [-0.3, -0.25) is 4.79 Å². The fraction of sp³-hybridized carbons (Fsp3) is 0.200. The molecule has 3 aromatic rings. The van der Waals surface area contributed by atoms with Gasteiger partial charge in [-0.1, -0.05) is 55.5 Å². The van der Waals surface area contributed by atoms with E-state index < -0.39 is 6.04 Å². The molecule has 0 unspecified atom stereocenters. The molecule has 1 amide bonds. The van der Waals surface area contributed by atoms with Crippen LogP contribution in [0.3, 0.4) is 0 Å². The molecule has 0 saturated heterocycles. The molecule has 0 saturated carbocycles. The number of aryl methyl sites for hydroxylation is 1. The zero-order chi connectivity index (χ0) is 21.5. The van der Waals surface area contributed by atoms with E-state index in [4.69, 9.17) is 0 Å². The molecule has 0 heterocycles. The number of carbonyl (C=O) groups excluding carboxylic acids is 1. The second-order valence-corrected chi connectivity index (χ2v) is 7.26. The zero-order valence-electron chi connectivity index (χ0n) is 17.1. The highest BCUT2D eigenvalue weighted by Crippen LogP contribution is 2.21. The first kappa shape index (κ1) is 21.2. The first-order valence-electron chi connectivity index (χ1n) is 10.0. The lowest BCUT2D eigenvalue weighted by molar-refractivity contribution is -0.704. The van der Waals surface area contributed by atoms with E-state index in [-0.39, 0.29) is 17.8 Å². The minimum absolute atomic E-state index is 0.218. The lowest BCUT2D eigenvalue weighted by atomic mass is 9.96. The fourth-order valence-corrected chi connectivity index (χ4v) is 3.39. The number of hydrogen-bond donors (Lipinski definition) is 2. The van der Waals surface area contributed by atoms with Crippen LogP contribution in [-0.4, -0.2) is 11.9 Å². The maximum atomic E-state index is 13.9. The van der Waals surface area contributed by atoms with E-state index in [2.05, 4.69) is 30.4 Å². The normalized spacial score (nSPS) is 12.6. The Hall–Kier alpha value is -3.49. The van der Waals surface area contributed by atoms with E-state index >= 15 is 0 Å². The van der Waals surface area contributed by atoms with Gasteiger partial charge in [0.05, 0.1) is 11.3 Å². The number of nitrogens with one attached hydrogen (secondary N) is 1. The average Bonchev–Trinajstić information content (AvgIpc) is 2.77. The van der Waals surface area contributed by atoms with Crippen LogP contribution in [0.5, 0.6) is 0 Å². The van der Waals surface area contributed by atoms with Crippen molar-refractivity contribution in [3.8, 4) is 6.07 Å². The third-order valence-electron chi connectivity index (χ3n) is 5.15. The van der Waals surface area contributed by atoms with Gasteiger partial charge >= 0.3 is 0 Å². The molecular weight excluding hydrogens is 377 g/mol. The van der Waals surface area contributed by atoms with Gasteiger partial charge in [0.25, 0.3) is 5.91 Å². The molecule has 3 aromatic carbocycles. The van der Waals surface area contributed by atoms with Crippen LogP contribution in [0.25, 0.3) is 0 Å². The van der Waals surface area contributed by atoms with Crippen LogP contribution in [0.4, 0.5) is 10.1 Å². The number of rotatable bonds is 7. The van der Waals surface area contributed by atoms with Crippen LogP contribution >= 0.6 is 0 Å². The van der Waals surface area contributed by atoms with Gasteiger partial charge in [0, 0.05) is 11.1 Å². The minimum Gasteiger partial charge on any atom is -0.326 e. The quantitative estimate of drug-likeness (QED) is 0.628. The molecular formula is C25H25FN3O+. The van der Waals surface area contributed by atoms with Gasteiger partial charge < -0.3 is 10.6 Å². The van der Waals surface area contributed by atoms with Crippen molar-refractivity contribution in [2.75, 3.05) is 5.32 Å². The van der Waals surface area contributed by atoms with Crippen LogP contribution in [0.1, 0.15) is 42.1 Å². The van der Waals surface area contributed by atoms with Gasteiger partial charge in [-0.25, -0.2) is 4.39 Å². The number of nitrogens with two attached hydrogens (primary N) is 1. The molecule has 3 N–H and O–H groups in total. The Morgan fingerprint density at radius 1 is 1.07 bits per heavy atom. The summed E-state index contributed by atoms with van der Waals surface area (Å²) in [7, 11) is 0. The lowest BCUT2D eigenvalue weighted by Crippen LogP contribution is -2.92. The molecule has 0 aliphatic heterocycles. The van der Waals surface area contributed by atoms with Crippen molar-refractivity contribution < 1.29 is 14.5 Å². The Morgan fingerprint density at radius 2 is 1.80 bits per heavy atom. The third-order valence-corrected chi connectivity index (χ3v) is 5.15. The summed E-state index contributed by atoms with van der Waals surface area (Å²) in [5, 5.41) is 14.0. The maximum Gasteiger partial charge on any atom is 0.282 e. The molecule has 3 rings (SSSR count). The average molecular weight is 402 g/mol. The number of carbonyl (C=O) groups is 1. The minimum atomic E-state index is -0.462. The Kier molecular flexibility index (Phi) is 6.95. The molecule has 4 nitrogen and oxygen atoms in total. The number of anilines is 1. The summed E-state index contributed by atoms with van der Waals surface area (Å²) in [6.45, 7) is 3.90. The Bertz CT molecular complexity index is 1060. The predicted molar refractivity (Wildman–Crippen MR) is 115 cm³/mol. The number of para-hydroxylation sites is 1. The topological polar surface area (TPSA) is 69.5 Å². The Morgan fingerprint density at radius 3 is 2.47 bits per heavy atom. The Balaban J connectivity index is 1.84. The highest BCUT2D eigenvalue weighted by molar-refractivity contribution is 5.94. The highest BCUT2D eigenvalue weighted by Gasteiger charge is 2.25. The van der Waals surface area contributed by atoms with Crippen molar-refractivity contribution in [3.63, 3.8) is 0 Å². The zero-order valence-corrected chi connectivity index (χ0v) is 17.1. The van der Waals surface area contributed by atoms with E-state index in [0.717, 1.165) is 17.5 Å². The highest BCUT2D eigenvalue weighted by atomic mass is 19.1. The number of amides is 1. The molecule has 0 radical (unpaired) electrons. The molecule has 30 heavy (non-hydrogen) atoms. The first-order valence-corrected chi connectivity index (χ1v) is 10.0. The van der Waals surface area contributed by atoms with Crippen molar-refractivity contribution in [1.82, 2.24) is 0 Å². The number of benzene rings is 3. The number of nitriles is 1. The van der Waals surface area contributed by atoms with Crippen LogP contribution in [0.2, 0.25) is 0 Å². The molecule has 0 aliphatic carbocycles. The smallest absolute Gasteiger partial charge is 0.282 e. The molecule has 0 spiro atoms.